The number of methoxy groups -OCH3 is 6. The predicted octanol–water partition coefficient (Wildman–Crippen LogP) is 3.08. The van der Waals surface area contributed by atoms with Crippen LogP contribution in [0.2, 0.25) is 0 Å². The molecule has 0 aliphatic carbocycles. The highest BCUT2D eigenvalue weighted by molar-refractivity contribution is 5.95. The molecule has 1 aliphatic rings. The number of hydrogen-bond donors (Lipinski definition) is 1. The van der Waals surface area contributed by atoms with Crippen LogP contribution in [0, 0.1) is 6.92 Å². The third-order valence-corrected chi connectivity index (χ3v) is 5.73. The van der Waals surface area contributed by atoms with E-state index in [9.17, 15) is 9.59 Å². The van der Waals surface area contributed by atoms with E-state index in [0.29, 0.717) is 59.6 Å². The highest BCUT2D eigenvalue weighted by Gasteiger charge is 2.26. The molecule has 1 aliphatic heterocycles. The van der Waals surface area contributed by atoms with Crippen LogP contribution in [0.4, 0.5) is 0 Å². The number of nitrogens with one attached hydrogen (secondary N) is 1. The number of benzene rings is 2. The van der Waals surface area contributed by atoms with Crippen LogP contribution < -0.4 is 33.7 Å². The maximum Gasteiger partial charge on any atom is 0.254 e. The zero-order chi connectivity index (χ0) is 26.7. The van der Waals surface area contributed by atoms with E-state index in [2.05, 4.69) is 5.32 Å². The minimum atomic E-state index is -0.123. The summed E-state index contributed by atoms with van der Waals surface area (Å²) in [4.78, 5) is 25.1. The second-order valence-electron chi connectivity index (χ2n) is 7.99. The number of rotatable bonds is 9. The van der Waals surface area contributed by atoms with Gasteiger partial charge in [0.15, 0.2) is 23.0 Å². The number of hydrogen-bond acceptors (Lipinski definition) is 8. The molecule has 2 amide bonds. The summed E-state index contributed by atoms with van der Waals surface area (Å²) in [5.74, 6) is 3.23. The highest BCUT2D eigenvalue weighted by atomic mass is 16.5. The lowest BCUT2D eigenvalue weighted by molar-refractivity contribution is -0.110. The minimum absolute atomic E-state index is 0.00719. The van der Waals surface area contributed by atoms with E-state index >= 15 is 0 Å². The Labute approximate surface area is 212 Å². The molecular weight excluding hydrogens is 468 g/mol. The topological polar surface area (TPSA) is 105 Å². The summed E-state index contributed by atoms with van der Waals surface area (Å²) < 4.78 is 31.3. The summed E-state index contributed by atoms with van der Waals surface area (Å²) in [6.45, 7) is 3.13. The standard InChI is InChI=1S/C16H22N2O5.C10H14O3/c1-21-13-7-11(8-14(22-2)15(13)23-3)16(20)18-6-4-5-12(9-18)17-10-19;1-7-5-8(11-2)10(13-4)9(6-7)12-3/h7-8,10,12H,4-6,9H2,1-3H3,(H,17,19);5-6H,1-4H3. The van der Waals surface area contributed by atoms with Crippen LogP contribution in [0.25, 0.3) is 0 Å². The molecular formula is C26H36N2O8. The maximum absolute atomic E-state index is 12.7. The largest absolute Gasteiger partial charge is 0.493 e. The molecule has 10 nitrogen and oxygen atoms in total. The Hall–Kier alpha value is -3.82. The second kappa shape index (κ2) is 13.9. The Bertz CT molecular complexity index is 977. The van der Waals surface area contributed by atoms with Crippen molar-refractivity contribution in [3.63, 3.8) is 0 Å². The third-order valence-electron chi connectivity index (χ3n) is 5.73. The van der Waals surface area contributed by atoms with Crippen molar-refractivity contribution in [1.82, 2.24) is 10.2 Å². The van der Waals surface area contributed by atoms with Gasteiger partial charge in [0.2, 0.25) is 17.9 Å². The van der Waals surface area contributed by atoms with Crippen LogP contribution in [-0.2, 0) is 4.79 Å². The highest BCUT2D eigenvalue weighted by Crippen LogP contribution is 2.39. The first kappa shape index (κ1) is 28.4. The molecule has 1 unspecified atom stereocenters. The number of carbonyl (C=O) groups excluding carboxylic acids is 2. The third kappa shape index (κ3) is 6.87. The van der Waals surface area contributed by atoms with E-state index in [1.807, 2.05) is 19.1 Å². The first-order valence-corrected chi connectivity index (χ1v) is 11.4. The van der Waals surface area contributed by atoms with E-state index < -0.39 is 0 Å². The number of ether oxygens (including phenoxy) is 6. The number of nitrogens with zero attached hydrogens (tertiary/aromatic N) is 1. The minimum Gasteiger partial charge on any atom is -0.493 e. The van der Waals surface area contributed by atoms with Gasteiger partial charge in [-0.2, -0.15) is 0 Å². The molecule has 1 saturated heterocycles. The molecule has 1 heterocycles. The van der Waals surface area contributed by atoms with Gasteiger partial charge in [0, 0.05) is 24.7 Å². The van der Waals surface area contributed by atoms with Crippen LogP contribution in [-0.4, -0.2) is 79.0 Å². The lowest BCUT2D eigenvalue weighted by Crippen LogP contribution is -2.47. The normalized spacial score (nSPS) is 14.5. The molecule has 0 bridgehead atoms. The van der Waals surface area contributed by atoms with Gasteiger partial charge >= 0.3 is 0 Å². The van der Waals surface area contributed by atoms with Gasteiger partial charge < -0.3 is 38.6 Å². The molecule has 0 radical (unpaired) electrons. The number of piperidine rings is 1. The summed E-state index contributed by atoms with van der Waals surface area (Å²) in [7, 11) is 9.35. The van der Waals surface area contributed by atoms with E-state index in [1.165, 1.54) is 21.3 Å². The van der Waals surface area contributed by atoms with Gasteiger partial charge in [0.25, 0.3) is 5.91 Å². The molecule has 2 aromatic carbocycles. The number of likely N-dealkylation sites (tertiary alicyclic amines) is 1. The second-order valence-corrected chi connectivity index (χ2v) is 7.99. The van der Waals surface area contributed by atoms with E-state index in [1.54, 1.807) is 38.4 Å². The van der Waals surface area contributed by atoms with Crippen LogP contribution in [0.3, 0.4) is 0 Å². The average Bonchev–Trinajstić information content (AvgIpc) is 2.91. The van der Waals surface area contributed by atoms with Crippen LogP contribution >= 0.6 is 0 Å². The zero-order valence-corrected chi connectivity index (χ0v) is 22.0. The monoisotopic (exact) mass is 504 g/mol. The predicted molar refractivity (Wildman–Crippen MR) is 135 cm³/mol. The Balaban J connectivity index is 0.000000297. The first-order chi connectivity index (χ1) is 17.4. The number of carbonyl (C=O) groups is 2. The van der Waals surface area contributed by atoms with Gasteiger partial charge in [-0.1, -0.05) is 0 Å². The van der Waals surface area contributed by atoms with Crippen molar-refractivity contribution < 1.29 is 38.0 Å². The smallest absolute Gasteiger partial charge is 0.254 e. The molecule has 1 fully saturated rings. The summed E-state index contributed by atoms with van der Waals surface area (Å²) in [6, 6.07) is 7.08. The van der Waals surface area contributed by atoms with Crippen molar-refractivity contribution >= 4 is 12.3 Å². The maximum atomic E-state index is 12.7. The quantitative estimate of drug-likeness (QED) is 0.520. The van der Waals surface area contributed by atoms with Crippen LogP contribution in [0.15, 0.2) is 24.3 Å². The summed E-state index contributed by atoms with van der Waals surface area (Å²) >= 11 is 0. The van der Waals surface area contributed by atoms with Gasteiger partial charge in [0.05, 0.1) is 42.7 Å². The first-order valence-electron chi connectivity index (χ1n) is 11.4. The lowest BCUT2D eigenvalue weighted by Gasteiger charge is -2.32. The van der Waals surface area contributed by atoms with Crippen molar-refractivity contribution in [2.75, 3.05) is 55.7 Å². The fourth-order valence-corrected chi connectivity index (χ4v) is 3.99. The van der Waals surface area contributed by atoms with Crippen molar-refractivity contribution in [2.45, 2.75) is 25.8 Å². The molecule has 0 aromatic heterocycles. The van der Waals surface area contributed by atoms with Crippen molar-refractivity contribution in [2.24, 2.45) is 0 Å². The molecule has 1 N–H and O–H groups in total. The molecule has 1 atom stereocenters. The summed E-state index contributed by atoms with van der Waals surface area (Å²) in [5, 5.41) is 2.74. The Morgan fingerprint density at radius 3 is 1.72 bits per heavy atom. The molecule has 3 rings (SSSR count). The van der Waals surface area contributed by atoms with Crippen molar-refractivity contribution in [3.05, 3.63) is 35.4 Å². The molecule has 198 valence electrons. The fourth-order valence-electron chi connectivity index (χ4n) is 3.99. The van der Waals surface area contributed by atoms with Gasteiger partial charge in [-0.3, -0.25) is 9.59 Å². The Morgan fingerprint density at radius 2 is 1.31 bits per heavy atom. The zero-order valence-electron chi connectivity index (χ0n) is 22.0. The lowest BCUT2D eigenvalue weighted by atomic mass is 10.0. The summed E-state index contributed by atoms with van der Waals surface area (Å²) in [5.41, 5.74) is 1.54. The van der Waals surface area contributed by atoms with Crippen LogP contribution in [0.5, 0.6) is 34.5 Å². The Kier molecular flexibility index (Phi) is 11.0. The average molecular weight is 505 g/mol. The van der Waals surface area contributed by atoms with Crippen molar-refractivity contribution in [1.29, 1.82) is 0 Å². The van der Waals surface area contributed by atoms with Crippen molar-refractivity contribution in [3.8, 4) is 34.5 Å². The Morgan fingerprint density at radius 1 is 0.833 bits per heavy atom. The van der Waals surface area contributed by atoms with E-state index in [0.717, 1.165) is 18.4 Å². The molecule has 0 spiro atoms. The summed E-state index contributed by atoms with van der Waals surface area (Å²) in [6.07, 6.45) is 2.40. The van der Waals surface area contributed by atoms with Gasteiger partial charge in [-0.15, -0.1) is 0 Å². The SMILES string of the molecule is COc1cc(C(=O)N2CCCC(NC=O)C2)cc(OC)c1OC.COc1cc(C)cc(OC)c1OC. The number of aryl methyl sites for hydroxylation is 1. The van der Waals surface area contributed by atoms with Gasteiger partial charge in [0.1, 0.15) is 0 Å². The molecule has 10 heteroatoms. The van der Waals surface area contributed by atoms with Gasteiger partial charge in [-0.25, -0.2) is 0 Å². The molecule has 0 saturated carbocycles. The molecule has 36 heavy (non-hydrogen) atoms. The van der Waals surface area contributed by atoms with Gasteiger partial charge in [-0.05, 0) is 49.6 Å². The van der Waals surface area contributed by atoms with Crippen LogP contribution in [0.1, 0.15) is 28.8 Å². The van der Waals surface area contributed by atoms with E-state index in [-0.39, 0.29) is 11.9 Å². The molecule has 2 aromatic rings. The van der Waals surface area contributed by atoms with E-state index in [4.69, 9.17) is 28.4 Å². The number of amides is 2. The fraction of sp³-hybridized carbons (Fsp3) is 0.462.